The van der Waals surface area contributed by atoms with Gasteiger partial charge in [-0.05, 0) is 25.0 Å². The monoisotopic (exact) mass is 332 g/mol. The van der Waals surface area contributed by atoms with Gasteiger partial charge in [-0.25, -0.2) is 0 Å². The molecular formula is C17H20N2O5. The molecule has 1 aromatic heterocycles. The van der Waals surface area contributed by atoms with Crippen LogP contribution in [-0.4, -0.2) is 30.4 Å². The molecule has 0 radical (unpaired) electrons. The van der Waals surface area contributed by atoms with Gasteiger partial charge in [0.05, 0.1) is 31.4 Å². The average Bonchev–Trinajstić information content (AvgIpc) is 3.18. The lowest BCUT2D eigenvalue weighted by Crippen LogP contribution is -2.31. The number of hydrogen-bond acceptors (Lipinski definition) is 6. The second-order valence-corrected chi connectivity index (χ2v) is 5.84. The largest absolute Gasteiger partial charge is 0.466 e. The topological polar surface area (TPSA) is 90.6 Å². The first-order valence-electron chi connectivity index (χ1n) is 8.20. The Labute approximate surface area is 139 Å². The zero-order chi connectivity index (χ0) is 17.3. The summed E-state index contributed by atoms with van der Waals surface area (Å²) in [5.74, 6) is -2.02. The van der Waals surface area contributed by atoms with Crippen LogP contribution in [0.3, 0.4) is 0 Å². The molecule has 128 valence electrons. The Morgan fingerprint density at radius 3 is 2.75 bits per heavy atom. The van der Waals surface area contributed by atoms with Crippen LogP contribution in [0.25, 0.3) is 0 Å². The number of carbonyl (C=O) groups excluding carboxylic acids is 1. The smallest absolute Gasteiger partial charge is 0.313 e. The maximum absolute atomic E-state index is 12.7. The fraction of sp³-hybridized carbons (Fsp3) is 0.588. The van der Waals surface area contributed by atoms with Crippen LogP contribution >= 0.6 is 0 Å². The van der Waals surface area contributed by atoms with Crippen molar-refractivity contribution in [3.63, 3.8) is 0 Å². The molecule has 0 saturated carbocycles. The first-order valence-corrected chi connectivity index (χ1v) is 8.20. The van der Waals surface area contributed by atoms with Gasteiger partial charge < -0.3 is 18.8 Å². The maximum Gasteiger partial charge on any atom is 0.313 e. The number of esters is 1. The van der Waals surface area contributed by atoms with Gasteiger partial charge in [-0.2, -0.15) is 5.26 Å². The van der Waals surface area contributed by atoms with E-state index in [1.54, 1.807) is 13.0 Å². The van der Waals surface area contributed by atoms with Crippen LogP contribution in [0, 0.1) is 11.3 Å². The molecule has 7 heteroatoms. The molecule has 0 amide bonds. The molecule has 2 aliphatic heterocycles. The second-order valence-electron chi connectivity index (χ2n) is 5.84. The lowest BCUT2D eigenvalue weighted by molar-refractivity contribution is -0.163. The Morgan fingerprint density at radius 2 is 2.17 bits per heavy atom. The lowest BCUT2D eigenvalue weighted by Gasteiger charge is -2.23. The van der Waals surface area contributed by atoms with Gasteiger partial charge in [0.2, 0.25) is 5.79 Å². The van der Waals surface area contributed by atoms with Crippen LogP contribution in [0.4, 0.5) is 0 Å². The van der Waals surface area contributed by atoms with Gasteiger partial charge >= 0.3 is 5.97 Å². The Kier molecular flexibility index (Phi) is 4.43. The molecule has 0 N–H and O–H groups in total. The number of carbonyl (C=O) groups is 1. The number of rotatable bonds is 4. The molecule has 0 aliphatic carbocycles. The highest BCUT2D eigenvalue weighted by Crippen LogP contribution is 2.40. The van der Waals surface area contributed by atoms with E-state index in [1.165, 1.54) is 4.57 Å². The standard InChI is InChI=1S/C17H20N2O5/c1-3-11(16(21)22-4-2)12-9-14-17(23-7-8-24-17)5-6-19(14)15(20)13(12)10-18/h9,11H,3-8H2,1-2H3. The van der Waals surface area contributed by atoms with Crippen molar-refractivity contribution >= 4 is 5.97 Å². The minimum atomic E-state index is -0.936. The van der Waals surface area contributed by atoms with E-state index in [0.29, 0.717) is 43.9 Å². The van der Waals surface area contributed by atoms with Crippen molar-refractivity contribution < 1.29 is 19.0 Å². The zero-order valence-electron chi connectivity index (χ0n) is 13.8. The van der Waals surface area contributed by atoms with Crippen LogP contribution in [0.2, 0.25) is 0 Å². The molecule has 3 heterocycles. The minimum Gasteiger partial charge on any atom is -0.466 e. The van der Waals surface area contributed by atoms with Crippen molar-refractivity contribution in [2.75, 3.05) is 19.8 Å². The van der Waals surface area contributed by atoms with E-state index in [4.69, 9.17) is 14.2 Å². The van der Waals surface area contributed by atoms with Crippen molar-refractivity contribution in [1.82, 2.24) is 4.57 Å². The van der Waals surface area contributed by atoms with E-state index >= 15 is 0 Å². The molecule has 1 atom stereocenters. The summed E-state index contributed by atoms with van der Waals surface area (Å²) in [4.78, 5) is 25.0. The molecule has 2 aliphatic rings. The molecular weight excluding hydrogens is 312 g/mol. The fourth-order valence-electron chi connectivity index (χ4n) is 3.48. The quantitative estimate of drug-likeness (QED) is 0.774. The summed E-state index contributed by atoms with van der Waals surface area (Å²) in [5.41, 5.74) is 0.578. The summed E-state index contributed by atoms with van der Waals surface area (Å²) in [6.45, 7) is 5.14. The number of nitrogens with zero attached hydrogens (tertiary/aromatic N) is 2. The molecule has 7 nitrogen and oxygen atoms in total. The van der Waals surface area contributed by atoms with Crippen LogP contribution < -0.4 is 5.56 Å². The van der Waals surface area contributed by atoms with Gasteiger partial charge in [0.15, 0.2) is 0 Å². The number of fused-ring (bicyclic) bond motifs is 2. The number of pyridine rings is 1. The Morgan fingerprint density at radius 1 is 1.46 bits per heavy atom. The van der Waals surface area contributed by atoms with Crippen molar-refractivity contribution in [1.29, 1.82) is 5.26 Å². The molecule has 24 heavy (non-hydrogen) atoms. The van der Waals surface area contributed by atoms with Crippen molar-refractivity contribution in [2.45, 2.75) is 44.9 Å². The zero-order valence-corrected chi connectivity index (χ0v) is 13.8. The second kappa shape index (κ2) is 6.38. The molecule has 1 spiro atoms. The average molecular weight is 332 g/mol. The molecule has 1 unspecified atom stereocenters. The van der Waals surface area contributed by atoms with Crippen molar-refractivity contribution in [2.24, 2.45) is 0 Å². The normalized spacial score (nSPS) is 19.0. The van der Waals surface area contributed by atoms with E-state index in [1.807, 2.05) is 13.0 Å². The molecule has 1 fully saturated rings. The third-order valence-electron chi connectivity index (χ3n) is 4.61. The van der Waals surface area contributed by atoms with E-state index < -0.39 is 23.2 Å². The van der Waals surface area contributed by atoms with E-state index in [-0.39, 0.29) is 12.2 Å². The minimum absolute atomic E-state index is 0.00583. The first-order chi connectivity index (χ1) is 11.6. The van der Waals surface area contributed by atoms with Crippen LogP contribution in [0.5, 0.6) is 0 Å². The summed E-state index contributed by atoms with van der Waals surface area (Å²) in [5, 5.41) is 9.47. The van der Waals surface area contributed by atoms with Crippen LogP contribution in [-0.2, 0) is 31.3 Å². The fourth-order valence-corrected chi connectivity index (χ4v) is 3.48. The number of ether oxygens (including phenoxy) is 3. The molecule has 1 saturated heterocycles. The van der Waals surface area contributed by atoms with Gasteiger partial charge in [-0.3, -0.25) is 9.59 Å². The molecule has 0 bridgehead atoms. The highest BCUT2D eigenvalue weighted by Gasteiger charge is 2.46. The maximum atomic E-state index is 12.7. The van der Waals surface area contributed by atoms with Crippen molar-refractivity contribution in [3.8, 4) is 6.07 Å². The van der Waals surface area contributed by atoms with Gasteiger partial charge in [-0.15, -0.1) is 0 Å². The summed E-state index contributed by atoms with van der Waals surface area (Å²) in [6.07, 6.45) is 0.956. The third kappa shape index (κ3) is 2.43. The van der Waals surface area contributed by atoms with E-state index in [0.717, 1.165) is 0 Å². The van der Waals surface area contributed by atoms with Gasteiger partial charge in [-0.1, -0.05) is 6.92 Å². The summed E-state index contributed by atoms with van der Waals surface area (Å²) >= 11 is 0. The van der Waals surface area contributed by atoms with E-state index in [9.17, 15) is 14.9 Å². The van der Waals surface area contributed by atoms with Crippen LogP contribution in [0.15, 0.2) is 10.9 Å². The predicted molar refractivity (Wildman–Crippen MR) is 83.3 cm³/mol. The Hall–Kier alpha value is -2.17. The Bertz CT molecular complexity index is 755. The molecule has 3 rings (SSSR count). The van der Waals surface area contributed by atoms with Gasteiger partial charge in [0, 0.05) is 13.0 Å². The summed E-state index contributed by atoms with van der Waals surface area (Å²) in [6, 6.07) is 3.67. The number of aromatic nitrogens is 1. The Balaban J connectivity index is 2.17. The number of hydrogen-bond donors (Lipinski definition) is 0. The summed E-state index contributed by atoms with van der Waals surface area (Å²) in [7, 11) is 0. The van der Waals surface area contributed by atoms with Crippen molar-refractivity contribution in [3.05, 3.63) is 33.2 Å². The van der Waals surface area contributed by atoms with Gasteiger partial charge in [0.1, 0.15) is 11.6 Å². The van der Waals surface area contributed by atoms with Crippen LogP contribution in [0.1, 0.15) is 49.4 Å². The first kappa shape index (κ1) is 16.7. The summed E-state index contributed by atoms with van der Waals surface area (Å²) < 4.78 is 18.1. The highest BCUT2D eigenvalue weighted by atomic mass is 16.7. The van der Waals surface area contributed by atoms with Gasteiger partial charge in [0.25, 0.3) is 5.56 Å². The molecule has 1 aromatic rings. The lowest BCUT2D eigenvalue weighted by atomic mass is 9.92. The predicted octanol–water partition coefficient (Wildman–Crippen LogP) is 1.38. The SMILES string of the molecule is CCOC(=O)C(CC)c1cc2n(c(=O)c1C#N)CCC21OCCO1. The van der Waals surface area contributed by atoms with E-state index in [2.05, 4.69) is 0 Å². The number of nitriles is 1. The third-order valence-corrected chi connectivity index (χ3v) is 4.61. The molecule has 0 aromatic carbocycles. The highest BCUT2D eigenvalue weighted by molar-refractivity contribution is 5.79.